The van der Waals surface area contributed by atoms with E-state index in [-0.39, 0.29) is 23.6 Å². The highest BCUT2D eigenvalue weighted by Gasteiger charge is 2.36. The number of anilines is 4. The minimum atomic E-state index is -0.443. The number of pyridine rings is 4. The number of halogens is 2. The van der Waals surface area contributed by atoms with Gasteiger partial charge in [0.05, 0.1) is 47.5 Å². The summed E-state index contributed by atoms with van der Waals surface area (Å²) in [5, 5.41) is 0. The fraction of sp³-hybridized carbons (Fsp3) is 0.392. The summed E-state index contributed by atoms with van der Waals surface area (Å²) in [7, 11) is 0. The van der Waals surface area contributed by atoms with Crippen LogP contribution in [0.1, 0.15) is 125 Å². The van der Waals surface area contributed by atoms with Crippen molar-refractivity contribution in [2.45, 2.75) is 108 Å². The number of nitrogens with two attached hydrogens (primary N) is 4. The van der Waals surface area contributed by atoms with Gasteiger partial charge >= 0.3 is 0 Å². The first-order valence-electron chi connectivity index (χ1n) is 35.7. The lowest BCUT2D eigenvalue weighted by atomic mass is 9.86. The van der Waals surface area contributed by atoms with E-state index < -0.39 is 11.6 Å². The topological polar surface area (TPSA) is 247 Å². The van der Waals surface area contributed by atoms with E-state index >= 15 is 0 Å². The molecular formula is C79H91F2N15O4. The van der Waals surface area contributed by atoms with Crippen molar-refractivity contribution in [3.05, 3.63) is 193 Å². The smallest absolute Gasteiger partial charge is 0.254 e. The van der Waals surface area contributed by atoms with Gasteiger partial charge in [-0.2, -0.15) is 0 Å². The number of nitrogen functional groups attached to an aromatic ring is 4. The van der Waals surface area contributed by atoms with Crippen LogP contribution in [-0.2, 0) is 0 Å². The third-order valence-electron chi connectivity index (χ3n) is 21.9. The number of benzene rings is 4. The van der Waals surface area contributed by atoms with E-state index in [9.17, 15) is 28.0 Å². The quantitative estimate of drug-likeness (QED) is 0.0994. The van der Waals surface area contributed by atoms with Crippen molar-refractivity contribution in [2.24, 2.45) is 5.92 Å². The molecule has 8 N–H and O–H groups in total. The van der Waals surface area contributed by atoms with Gasteiger partial charge in [0.15, 0.2) is 0 Å². The van der Waals surface area contributed by atoms with E-state index in [0.29, 0.717) is 87.3 Å². The van der Waals surface area contributed by atoms with Crippen LogP contribution < -0.4 is 22.9 Å². The van der Waals surface area contributed by atoms with Gasteiger partial charge in [0.25, 0.3) is 23.6 Å². The third-order valence-corrected chi connectivity index (χ3v) is 21.9. The zero-order valence-corrected chi connectivity index (χ0v) is 56.9. The van der Waals surface area contributed by atoms with Gasteiger partial charge in [0.2, 0.25) is 0 Å². The van der Waals surface area contributed by atoms with Gasteiger partial charge in [-0.1, -0.05) is 49.2 Å². The number of aromatic nitrogens is 4. The Kier molecular flexibility index (Phi) is 21.8. The minimum absolute atomic E-state index is 0.0549. The average Bonchev–Trinajstić information content (AvgIpc) is 1.40. The zero-order chi connectivity index (χ0) is 69.2. The minimum Gasteiger partial charge on any atom is -0.397 e. The Labute approximate surface area is 584 Å². The highest BCUT2D eigenvalue weighted by molar-refractivity contribution is 5.97. The summed E-state index contributed by atoms with van der Waals surface area (Å²) in [6.45, 7) is 11.7. The third kappa shape index (κ3) is 15.8. The number of piperidine rings is 1. The first-order valence-corrected chi connectivity index (χ1v) is 35.7. The second kappa shape index (κ2) is 31.7. The number of hydrogen-bond donors (Lipinski definition) is 4. The standard InChI is InChI=1S/C20H23FN4O.C20H22FN3O.C20H24N4O.C19H22N4O/c21-18-12-14(4-5-16(18)17-6-7-23-13-19(17)22)20(26)25-10-8-24(9-11-25)15-2-1-3-15;21-18-11-14(3-6-16(18)17-7-9-23-12-19(17)22)20(25)24-10-8-13-1-4-15(24)5-2-13;21-19-14-22-9-8-18(19)15-4-6-16(7-5-15)20(25)24-12-10-23(11-13-24)17-2-1-3-17;20-18-13-21-8-5-17(18)14-1-3-15(4-2-14)19(24)23-12-11-22-9-6-16(23)7-10-22/h4-7,12-13,15H,1-3,8-11,22H2;3,6-7,9,11-13,15H,1-2,4-5,8,10,22H2;4-9,14,17H,1-3,10-13,21H2;1-5,8,13,16H,6-7,9-12,20H2. The Balaban J connectivity index is 0.000000120. The molecule has 4 aromatic carbocycles. The van der Waals surface area contributed by atoms with Gasteiger partial charge in [-0.15, -0.1) is 0 Å². The van der Waals surface area contributed by atoms with Gasteiger partial charge in [-0.05, 0) is 160 Å². The fourth-order valence-corrected chi connectivity index (χ4v) is 15.4. The van der Waals surface area contributed by atoms with Crippen LogP contribution in [0.2, 0.25) is 0 Å². The molecule has 10 aliphatic rings. The van der Waals surface area contributed by atoms with Crippen molar-refractivity contribution < 1.29 is 28.0 Å². The number of fused-ring (bicyclic) bond motifs is 8. The molecule has 100 heavy (non-hydrogen) atoms. The Morgan fingerprint density at radius 3 is 1.11 bits per heavy atom. The van der Waals surface area contributed by atoms with Crippen LogP contribution >= 0.6 is 0 Å². The molecule has 3 saturated carbocycles. The second-order valence-corrected chi connectivity index (χ2v) is 27.8. The molecule has 18 rings (SSSR count). The number of carbonyl (C=O) groups is 4. The molecule has 11 heterocycles. The van der Waals surface area contributed by atoms with Crippen LogP contribution in [-0.4, -0.2) is 187 Å². The van der Waals surface area contributed by atoms with Crippen LogP contribution in [0.25, 0.3) is 44.5 Å². The molecule has 21 heteroatoms. The summed E-state index contributed by atoms with van der Waals surface area (Å²) in [5.74, 6) is 0.000159. The van der Waals surface area contributed by atoms with E-state index in [1.807, 2.05) is 75.4 Å². The summed E-state index contributed by atoms with van der Waals surface area (Å²) < 4.78 is 29.3. The zero-order valence-electron chi connectivity index (χ0n) is 56.9. The predicted octanol–water partition coefficient (Wildman–Crippen LogP) is 11.5. The van der Waals surface area contributed by atoms with Gasteiger partial charge < -0.3 is 47.4 Å². The van der Waals surface area contributed by atoms with E-state index in [4.69, 9.17) is 22.9 Å². The van der Waals surface area contributed by atoms with Gasteiger partial charge in [-0.25, -0.2) is 8.78 Å². The Morgan fingerprint density at radius 1 is 0.330 bits per heavy atom. The number of nitrogens with zero attached hydrogens (tertiary/aromatic N) is 11. The molecule has 7 saturated heterocycles. The molecule has 0 radical (unpaired) electrons. The summed E-state index contributed by atoms with van der Waals surface area (Å²) in [6.07, 6.45) is 28.6. The van der Waals surface area contributed by atoms with Crippen molar-refractivity contribution in [1.29, 1.82) is 0 Å². The Hall–Kier alpha value is -9.70. The lowest BCUT2D eigenvalue weighted by Gasteiger charge is -2.42. The molecule has 0 spiro atoms. The van der Waals surface area contributed by atoms with Crippen LogP contribution in [0.5, 0.6) is 0 Å². The largest absolute Gasteiger partial charge is 0.397 e. The SMILES string of the molecule is Nc1cnccc1-c1ccc(C(=O)N2CCC3CCC2CC3)cc1F.Nc1cnccc1-c1ccc(C(=O)N2CCN(C3CCC3)CC2)cc1.Nc1cnccc1-c1ccc(C(=O)N2CCN(C3CCC3)CC2)cc1F.Nc1cnccc1-c1ccc(C(=O)N2CCN3CCC2CC3)cc1. The monoisotopic (exact) mass is 1350 g/mol. The van der Waals surface area contributed by atoms with Crippen LogP contribution in [0, 0.1) is 17.6 Å². The molecule has 3 aliphatic carbocycles. The summed E-state index contributed by atoms with van der Waals surface area (Å²) >= 11 is 0. The average molecular weight is 1350 g/mol. The summed E-state index contributed by atoms with van der Waals surface area (Å²) in [5.41, 5.74) is 34.0. The van der Waals surface area contributed by atoms with Gasteiger partial charge in [0, 0.05) is 190 Å². The maximum absolute atomic E-state index is 14.7. The Bertz CT molecular complexity index is 4160. The Morgan fingerprint density at radius 2 is 0.700 bits per heavy atom. The molecule has 4 bridgehead atoms. The highest BCUT2D eigenvalue weighted by atomic mass is 19.1. The predicted molar refractivity (Wildman–Crippen MR) is 388 cm³/mol. The number of carbonyl (C=O) groups excluding carboxylic acids is 4. The highest BCUT2D eigenvalue weighted by Crippen LogP contribution is 2.37. The number of amides is 4. The number of hydrogen-bond acceptors (Lipinski definition) is 15. The first-order chi connectivity index (χ1) is 48.7. The van der Waals surface area contributed by atoms with Crippen molar-refractivity contribution >= 4 is 46.4 Å². The molecule has 0 unspecified atom stereocenters. The molecule has 7 aliphatic heterocycles. The van der Waals surface area contributed by atoms with Gasteiger partial charge in [-0.3, -0.25) is 48.9 Å². The van der Waals surface area contributed by atoms with Crippen molar-refractivity contribution in [2.75, 3.05) is 108 Å². The lowest BCUT2D eigenvalue weighted by Crippen LogP contribution is -2.53. The van der Waals surface area contributed by atoms with Crippen molar-refractivity contribution in [3.63, 3.8) is 0 Å². The molecule has 4 amide bonds. The van der Waals surface area contributed by atoms with Gasteiger partial charge in [0.1, 0.15) is 11.6 Å². The molecule has 520 valence electrons. The first kappa shape index (κ1) is 68.8. The number of rotatable bonds is 10. The van der Waals surface area contributed by atoms with E-state index in [0.717, 1.165) is 149 Å². The van der Waals surface area contributed by atoms with Crippen LogP contribution in [0.4, 0.5) is 31.5 Å². The molecule has 4 aromatic heterocycles. The summed E-state index contributed by atoms with van der Waals surface area (Å²) in [4.78, 5) is 82.5. The van der Waals surface area contributed by atoms with E-state index in [1.165, 1.54) is 75.9 Å². The lowest BCUT2D eigenvalue weighted by molar-refractivity contribution is 0.0452. The van der Waals surface area contributed by atoms with Crippen LogP contribution in [0.3, 0.4) is 0 Å². The molecular weight excluding hydrogens is 1260 g/mol. The second-order valence-electron chi connectivity index (χ2n) is 27.8. The maximum Gasteiger partial charge on any atom is 0.254 e. The van der Waals surface area contributed by atoms with Crippen molar-refractivity contribution in [1.82, 2.24) is 54.2 Å². The molecule has 0 atom stereocenters. The molecule has 19 nitrogen and oxygen atoms in total. The number of piperazine rings is 2. The normalized spacial score (nSPS) is 20.7. The maximum atomic E-state index is 14.7. The van der Waals surface area contributed by atoms with Crippen molar-refractivity contribution in [3.8, 4) is 44.5 Å². The molecule has 10 fully saturated rings. The summed E-state index contributed by atoms with van der Waals surface area (Å²) in [6, 6.07) is 34.1. The fourth-order valence-electron chi connectivity index (χ4n) is 15.4. The van der Waals surface area contributed by atoms with Crippen LogP contribution in [0.15, 0.2) is 159 Å². The van der Waals surface area contributed by atoms with E-state index in [2.05, 4.69) is 39.5 Å². The van der Waals surface area contributed by atoms with E-state index in [1.54, 1.807) is 73.6 Å². The molecule has 8 aromatic rings.